The highest BCUT2D eigenvalue weighted by Crippen LogP contribution is 2.34. The predicted molar refractivity (Wildman–Crippen MR) is 88.4 cm³/mol. The Morgan fingerprint density at radius 3 is 2.78 bits per heavy atom. The lowest BCUT2D eigenvalue weighted by molar-refractivity contribution is -0.129. The zero-order valence-corrected chi connectivity index (χ0v) is 14.1. The van der Waals surface area contributed by atoms with Gasteiger partial charge in [-0.05, 0) is 43.2 Å². The number of sulfonamides is 1. The number of carbonyl (C=O) groups excluding carboxylic acids is 1. The van der Waals surface area contributed by atoms with Gasteiger partial charge in [-0.15, -0.1) is 0 Å². The van der Waals surface area contributed by atoms with Crippen LogP contribution < -0.4 is 10.0 Å². The molecule has 1 aliphatic carbocycles. The van der Waals surface area contributed by atoms with Crippen LogP contribution >= 0.6 is 0 Å². The number of rotatable bonds is 4. The van der Waals surface area contributed by atoms with Gasteiger partial charge in [0.05, 0.1) is 6.26 Å². The second kappa shape index (κ2) is 6.47. The summed E-state index contributed by atoms with van der Waals surface area (Å²) >= 11 is 0. The molecule has 6 nitrogen and oxygen atoms in total. The van der Waals surface area contributed by atoms with Crippen molar-refractivity contribution in [3.05, 3.63) is 23.9 Å². The van der Waals surface area contributed by atoms with Crippen LogP contribution in [0.2, 0.25) is 0 Å². The van der Waals surface area contributed by atoms with Crippen molar-refractivity contribution in [3.8, 4) is 0 Å². The van der Waals surface area contributed by atoms with Crippen molar-refractivity contribution in [2.75, 3.05) is 11.0 Å². The van der Waals surface area contributed by atoms with Gasteiger partial charge in [0.15, 0.2) is 0 Å². The van der Waals surface area contributed by atoms with Crippen LogP contribution in [0.25, 0.3) is 0 Å². The third-order valence-corrected chi connectivity index (χ3v) is 5.37. The van der Waals surface area contributed by atoms with Crippen molar-refractivity contribution in [3.63, 3.8) is 0 Å². The second-order valence-electron chi connectivity index (χ2n) is 6.72. The minimum atomic E-state index is -3.32. The van der Waals surface area contributed by atoms with Crippen molar-refractivity contribution in [2.45, 2.75) is 44.6 Å². The van der Waals surface area contributed by atoms with Gasteiger partial charge in [-0.3, -0.25) is 9.52 Å². The first-order chi connectivity index (χ1) is 10.9. The second-order valence-corrected chi connectivity index (χ2v) is 8.47. The van der Waals surface area contributed by atoms with E-state index in [4.69, 9.17) is 0 Å². The first-order valence-corrected chi connectivity index (χ1v) is 10.0. The van der Waals surface area contributed by atoms with E-state index in [1.807, 2.05) is 6.07 Å². The fourth-order valence-corrected chi connectivity index (χ4v) is 4.21. The van der Waals surface area contributed by atoms with Crippen molar-refractivity contribution < 1.29 is 13.2 Å². The highest BCUT2D eigenvalue weighted by molar-refractivity contribution is 7.92. The zero-order valence-electron chi connectivity index (χ0n) is 13.3. The first kappa shape index (κ1) is 16.2. The van der Waals surface area contributed by atoms with E-state index in [0.717, 1.165) is 24.7 Å². The number of fused-ring (bicyclic) bond motifs is 1. The van der Waals surface area contributed by atoms with Gasteiger partial charge in [-0.2, -0.15) is 0 Å². The quantitative estimate of drug-likeness (QED) is 0.875. The molecule has 23 heavy (non-hydrogen) atoms. The molecule has 0 aromatic carbocycles. The van der Waals surface area contributed by atoms with Crippen LogP contribution in [0.1, 0.15) is 37.7 Å². The van der Waals surface area contributed by atoms with Crippen molar-refractivity contribution in [1.82, 2.24) is 10.3 Å². The number of hydrogen-bond donors (Lipinski definition) is 2. The largest absolute Gasteiger partial charge is 0.353 e. The highest BCUT2D eigenvalue weighted by Gasteiger charge is 2.36. The smallest absolute Gasteiger partial charge is 0.230 e. The van der Waals surface area contributed by atoms with Crippen LogP contribution in [0.3, 0.4) is 0 Å². The molecule has 0 spiro atoms. The lowest BCUT2D eigenvalue weighted by atomic mass is 9.74. The normalized spacial score (nSPS) is 27.9. The lowest BCUT2D eigenvalue weighted by Gasteiger charge is -2.39. The minimum Gasteiger partial charge on any atom is -0.353 e. The third kappa shape index (κ3) is 4.22. The number of carbonyl (C=O) groups is 1. The molecule has 126 valence electrons. The average Bonchev–Trinajstić information content (AvgIpc) is 2.48. The van der Waals surface area contributed by atoms with E-state index in [9.17, 15) is 13.2 Å². The molecule has 2 fully saturated rings. The molecule has 1 amide bonds. The average molecular weight is 337 g/mol. The van der Waals surface area contributed by atoms with Crippen LogP contribution in [0.4, 0.5) is 5.82 Å². The Kier molecular flexibility index (Phi) is 4.57. The Labute approximate surface area is 137 Å². The number of nitrogens with one attached hydrogen (secondary N) is 2. The van der Waals surface area contributed by atoms with Crippen LogP contribution in [-0.4, -0.2) is 31.6 Å². The molecule has 3 atom stereocenters. The number of aromatic nitrogens is 1. The van der Waals surface area contributed by atoms with Gasteiger partial charge in [0.2, 0.25) is 15.9 Å². The Hall–Kier alpha value is -1.63. The topological polar surface area (TPSA) is 88.2 Å². The summed E-state index contributed by atoms with van der Waals surface area (Å²) in [6.45, 7) is 0. The number of pyridine rings is 1. The summed E-state index contributed by atoms with van der Waals surface area (Å²) in [5.41, 5.74) is 0.957. The van der Waals surface area contributed by atoms with E-state index in [0.29, 0.717) is 24.2 Å². The Balaban J connectivity index is 1.63. The molecule has 1 aromatic heterocycles. The summed E-state index contributed by atoms with van der Waals surface area (Å²) in [6.07, 6.45) is 9.12. The molecule has 1 aromatic rings. The molecule has 2 heterocycles. The van der Waals surface area contributed by atoms with E-state index in [1.165, 1.54) is 19.3 Å². The monoisotopic (exact) mass is 337 g/mol. The molecule has 0 radical (unpaired) electrons. The number of piperidine rings is 1. The summed E-state index contributed by atoms with van der Waals surface area (Å²) < 4.78 is 24.7. The minimum absolute atomic E-state index is 0.00938. The molecule has 3 rings (SSSR count). The fraction of sp³-hybridized carbons (Fsp3) is 0.625. The van der Waals surface area contributed by atoms with E-state index in [1.54, 1.807) is 12.3 Å². The van der Waals surface area contributed by atoms with Crippen LogP contribution in [0, 0.1) is 11.8 Å². The summed E-state index contributed by atoms with van der Waals surface area (Å²) in [5.74, 6) is 1.04. The van der Waals surface area contributed by atoms with Gasteiger partial charge in [0, 0.05) is 18.2 Å². The maximum absolute atomic E-state index is 12.3. The fourth-order valence-electron chi connectivity index (χ4n) is 3.71. The first-order valence-electron chi connectivity index (χ1n) is 8.14. The summed E-state index contributed by atoms with van der Waals surface area (Å²) in [6, 6.07) is 3.84. The SMILES string of the molecule is CS(=O)(=O)Nc1ccc(CC2CC3CCCCC3NC2=O)cn1. The van der Waals surface area contributed by atoms with E-state index < -0.39 is 10.0 Å². The Morgan fingerprint density at radius 1 is 1.30 bits per heavy atom. The number of anilines is 1. The number of amides is 1. The number of hydrogen-bond acceptors (Lipinski definition) is 4. The summed E-state index contributed by atoms with van der Waals surface area (Å²) in [4.78, 5) is 16.4. The number of nitrogens with zero attached hydrogens (tertiary/aromatic N) is 1. The van der Waals surface area contributed by atoms with Gasteiger partial charge in [0.25, 0.3) is 0 Å². The van der Waals surface area contributed by atoms with Crippen LogP contribution in [0.15, 0.2) is 18.3 Å². The third-order valence-electron chi connectivity index (χ3n) is 4.79. The molecule has 2 N–H and O–H groups in total. The Morgan fingerprint density at radius 2 is 2.09 bits per heavy atom. The molecule has 1 saturated carbocycles. The molecule has 1 saturated heterocycles. The molecular weight excluding hydrogens is 314 g/mol. The van der Waals surface area contributed by atoms with Gasteiger partial charge in [-0.25, -0.2) is 13.4 Å². The lowest BCUT2D eigenvalue weighted by Crippen LogP contribution is -2.51. The van der Waals surface area contributed by atoms with Crippen molar-refractivity contribution in [2.24, 2.45) is 11.8 Å². The van der Waals surface area contributed by atoms with Gasteiger partial charge in [-0.1, -0.05) is 18.9 Å². The van der Waals surface area contributed by atoms with E-state index in [-0.39, 0.29) is 11.8 Å². The zero-order chi connectivity index (χ0) is 16.4. The molecule has 1 aliphatic heterocycles. The van der Waals surface area contributed by atoms with E-state index in [2.05, 4.69) is 15.0 Å². The van der Waals surface area contributed by atoms with Gasteiger partial charge >= 0.3 is 0 Å². The highest BCUT2D eigenvalue weighted by atomic mass is 32.2. The Bertz CT molecular complexity index is 672. The summed E-state index contributed by atoms with van der Waals surface area (Å²) in [5, 5.41) is 3.18. The predicted octanol–water partition coefficient (Wildman–Crippen LogP) is 1.69. The van der Waals surface area contributed by atoms with Gasteiger partial charge in [0.1, 0.15) is 5.82 Å². The molecular formula is C16H23N3O3S. The molecule has 0 bridgehead atoms. The molecule has 3 unspecified atom stereocenters. The maximum Gasteiger partial charge on any atom is 0.230 e. The van der Waals surface area contributed by atoms with Crippen molar-refractivity contribution in [1.29, 1.82) is 0 Å². The molecule has 2 aliphatic rings. The summed E-state index contributed by atoms with van der Waals surface area (Å²) in [7, 11) is -3.32. The van der Waals surface area contributed by atoms with E-state index >= 15 is 0 Å². The van der Waals surface area contributed by atoms with Gasteiger partial charge < -0.3 is 5.32 Å². The standard InChI is InChI=1S/C16H23N3O3S/c1-23(21,22)19-15-7-6-11(10-17-15)8-13-9-12-4-2-3-5-14(12)18-16(13)20/h6-7,10,12-14H,2-5,8-9H2,1H3,(H,17,19)(H,18,20). The van der Waals surface area contributed by atoms with Crippen molar-refractivity contribution >= 4 is 21.7 Å². The van der Waals surface area contributed by atoms with Crippen LogP contribution in [-0.2, 0) is 21.2 Å². The maximum atomic E-state index is 12.3. The molecule has 7 heteroatoms. The van der Waals surface area contributed by atoms with Crippen LogP contribution in [0.5, 0.6) is 0 Å².